The number of thioether (sulfide) groups is 1. The van der Waals surface area contributed by atoms with E-state index in [1.165, 1.54) is 33.6 Å². The zero-order valence-electron chi connectivity index (χ0n) is 20.4. The first-order valence-electron chi connectivity index (χ1n) is 12.1. The first-order valence-corrected chi connectivity index (χ1v) is 13.8. The van der Waals surface area contributed by atoms with E-state index in [0.717, 1.165) is 57.1 Å². The van der Waals surface area contributed by atoms with Crippen LogP contribution in [0.2, 0.25) is 0 Å². The molecule has 1 aliphatic carbocycles. The van der Waals surface area contributed by atoms with Crippen LogP contribution in [0.3, 0.4) is 0 Å². The number of aryl methyl sites for hydroxylation is 3. The van der Waals surface area contributed by atoms with Crippen molar-refractivity contribution in [3.63, 3.8) is 0 Å². The van der Waals surface area contributed by atoms with Gasteiger partial charge >= 0.3 is 0 Å². The zero-order chi connectivity index (χ0) is 24.9. The van der Waals surface area contributed by atoms with Crippen molar-refractivity contribution < 1.29 is 14.4 Å². The molecule has 3 amide bonds. The van der Waals surface area contributed by atoms with Crippen LogP contribution in [0.5, 0.6) is 0 Å². The average molecular weight is 508 g/mol. The lowest BCUT2D eigenvalue weighted by Gasteiger charge is -2.19. The lowest BCUT2D eigenvalue weighted by molar-refractivity contribution is -0.122. The Hall–Kier alpha value is -2.71. The molecule has 0 radical (unpaired) electrons. The molecule has 0 bridgehead atoms. The predicted octanol–water partition coefficient (Wildman–Crippen LogP) is 6.02. The highest BCUT2D eigenvalue weighted by Crippen LogP contribution is 2.41. The number of carbonyl (C=O) groups is 3. The minimum absolute atomic E-state index is 0.0647. The highest BCUT2D eigenvalue weighted by Gasteiger charge is 2.48. The number of amides is 3. The number of imide groups is 1. The van der Waals surface area contributed by atoms with Gasteiger partial charge in [0, 0.05) is 5.69 Å². The Morgan fingerprint density at radius 2 is 1.69 bits per heavy atom. The fourth-order valence-electron chi connectivity index (χ4n) is 5.31. The first-order chi connectivity index (χ1) is 16.7. The second kappa shape index (κ2) is 9.39. The summed E-state index contributed by atoms with van der Waals surface area (Å²) in [6.07, 6.45) is 3.63. The Bertz CT molecular complexity index is 1300. The van der Waals surface area contributed by atoms with Gasteiger partial charge in [0.15, 0.2) is 4.34 Å². The standard InChI is InChI=1S/C27H29N3O3S2/c1-14-11-15(2)23(16(3)12-14)29-24(31)17(4)34-27-28-21-10-9-18(13-22(21)35-27)30-25(32)19-7-5-6-8-20(19)26(30)33/h9-13,17,19-20H,5-8H2,1-4H3,(H,29,31)/t17-,19+,20+/m0/s1. The molecule has 8 heteroatoms. The van der Waals surface area contributed by atoms with Crippen molar-refractivity contribution in [2.24, 2.45) is 11.8 Å². The Labute approximate surface area is 213 Å². The number of rotatable bonds is 5. The maximum Gasteiger partial charge on any atom is 0.237 e. The van der Waals surface area contributed by atoms with Crippen LogP contribution in [0.25, 0.3) is 10.2 Å². The molecule has 3 atom stereocenters. The van der Waals surface area contributed by atoms with Crippen LogP contribution in [0, 0.1) is 32.6 Å². The molecule has 0 spiro atoms. The normalized spacial score (nSPS) is 20.9. The van der Waals surface area contributed by atoms with Crippen LogP contribution in [0.15, 0.2) is 34.7 Å². The van der Waals surface area contributed by atoms with Gasteiger partial charge in [-0.25, -0.2) is 4.98 Å². The van der Waals surface area contributed by atoms with E-state index in [1.807, 2.05) is 45.9 Å². The fraction of sp³-hybridized carbons (Fsp3) is 0.407. The summed E-state index contributed by atoms with van der Waals surface area (Å²) in [5, 5.41) is 2.74. The van der Waals surface area contributed by atoms with Crippen molar-refractivity contribution in [3.05, 3.63) is 47.0 Å². The number of nitrogens with zero attached hydrogens (tertiary/aromatic N) is 2. The van der Waals surface area contributed by atoms with Crippen molar-refractivity contribution in [2.75, 3.05) is 10.2 Å². The van der Waals surface area contributed by atoms with Gasteiger partial charge in [0.2, 0.25) is 17.7 Å². The molecule has 2 aromatic carbocycles. The number of nitrogens with one attached hydrogen (secondary N) is 1. The number of anilines is 2. The summed E-state index contributed by atoms with van der Waals surface area (Å²) >= 11 is 2.90. The van der Waals surface area contributed by atoms with Crippen molar-refractivity contribution in [3.8, 4) is 0 Å². The summed E-state index contributed by atoms with van der Waals surface area (Å²) in [5.41, 5.74) is 5.56. The number of carbonyl (C=O) groups excluding carboxylic acids is 3. The number of fused-ring (bicyclic) bond motifs is 2. The van der Waals surface area contributed by atoms with Crippen LogP contribution in [-0.2, 0) is 14.4 Å². The highest BCUT2D eigenvalue weighted by atomic mass is 32.2. The highest BCUT2D eigenvalue weighted by molar-refractivity contribution is 8.02. The molecule has 1 saturated heterocycles. The molecule has 1 aliphatic heterocycles. The topological polar surface area (TPSA) is 79.4 Å². The third kappa shape index (κ3) is 4.49. The van der Waals surface area contributed by atoms with E-state index in [4.69, 9.17) is 0 Å². The maximum absolute atomic E-state index is 13.0. The number of thiazole rings is 1. The molecular formula is C27H29N3O3S2. The van der Waals surface area contributed by atoms with Crippen molar-refractivity contribution in [2.45, 2.75) is 63.0 Å². The molecule has 1 aromatic heterocycles. The van der Waals surface area contributed by atoms with Gasteiger partial charge in [0.1, 0.15) is 0 Å². The predicted molar refractivity (Wildman–Crippen MR) is 142 cm³/mol. The summed E-state index contributed by atoms with van der Waals surface area (Å²) in [4.78, 5) is 44.9. The molecule has 5 rings (SSSR count). The molecule has 2 fully saturated rings. The summed E-state index contributed by atoms with van der Waals surface area (Å²) < 4.78 is 1.68. The van der Waals surface area contributed by atoms with E-state index >= 15 is 0 Å². The van der Waals surface area contributed by atoms with Crippen molar-refractivity contribution in [1.82, 2.24) is 4.98 Å². The molecule has 35 heavy (non-hydrogen) atoms. The maximum atomic E-state index is 13.0. The Kier molecular flexibility index (Phi) is 6.44. The van der Waals surface area contributed by atoms with Gasteiger partial charge in [0.05, 0.1) is 33.0 Å². The SMILES string of the molecule is Cc1cc(C)c(NC(=O)[C@H](C)Sc2nc3ccc(N4C(=O)[C@@H]5CCCC[C@H]5C4=O)cc3s2)c(C)c1. The van der Waals surface area contributed by atoms with Gasteiger partial charge in [-0.1, -0.05) is 42.3 Å². The molecule has 182 valence electrons. The summed E-state index contributed by atoms with van der Waals surface area (Å²) in [6, 6.07) is 9.68. The zero-order valence-corrected chi connectivity index (χ0v) is 22.0. The summed E-state index contributed by atoms with van der Waals surface area (Å²) in [5.74, 6) is -0.532. The number of hydrogen-bond acceptors (Lipinski definition) is 6. The number of aromatic nitrogens is 1. The van der Waals surface area contributed by atoms with E-state index in [-0.39, 0.29) is 34.8 Å². The lowest BCUT2D eigenvalue weighted by atomic mass is 9.81. The second-order valence-electron chi connectivity index (χ2n) is 9.66. The van der Waals surface area contributed by atoms with Gasteiger partial charge < -0.3 is 5.32 Å². The first kappa shape index (κ1) is 24.0. The summed E-state index contributed by atoms with van der Waals surface area (Å²) in [7, 11) is 0. The van der Waals surface area contributed by atoms with Gasteiger partial charge in [-0.3, -0.25) is 19.3 Å². The fourth-order valence-corrected chi connectivity index (χ4v) is 7.55. The van der Waals surface area contributed by atoms with Gasteiger partial charge in [-0.05, 0) is 69.9 Å². The minimum atomic E-state index is -0.333. The van der Waals surface area contributed by atoms with Crippen molar-refractivity contribution in [1.29, 1.82) is 0 Å². The van der Waals surface area contributed by atoms with E-state index in [1.54, 1.807) is 0 Å². The smallest absolute Gasteiger partial charge is 0.237 e. The molecule has 3 aromatic rings. The minimum Gasteiger partial charge on any atom is -0.325 e. The molecule has 1 saturated carbocycles. The van der Waals surface area contributed by atoms with Gasteiger partial charge in [0.25, 0.3) is 0 Å². The van der Waals surface area contributed by atoms with Crippen LogP contribution in [0.1, 0.15) is 49.3 Å². The largest absolute Gasteiger partial charge is 0.325 e. The molecule has 2 heterocycles. The van der Waals surface area contributed by atoms with Crippen LogP contribution < -0.4 is 10.2 Å². The molecular weight excluding hydrogens is 478 g/mol. The van der Waals surface area contributed by atoms with Crippen molar-refractivity contribution >= 4 is 62.4 Å². The van der Waals surface area contributed by atoms with Gasteiger partial charge in [-0.15, -0.1) is 11.3 Å². The third-order valence-corrected chi connectivity index (χ3v) is 9.24. The average Bonchev–Trinajstić information content (AvgIpc) is 3.33. The monoisotopic (exact) mass is 507 g/mol. The summed E-state index contributed by atoms with van der Waals surface area (Å²) in [6.45, 7) is 7.93. The molecule has 2 aliphatic rings. The quantitative estimate of drug-likeness (QED) is 0.337. The van der Waals surface area contributed by atoms with Gasteiger partial charge in [-0.2, -0.15) is 0 Å². The van der Waals surface area contributed by atoms with E-state index in [2.05, 4.69) is 22.4 Å². The molecule has 0 unspecified atom stereocenters. The second-order valence-corrected chi connectivity index (χ2v) is 12.3. The Morgan fingerprint density at radius 1 is 1.06 bits per heavy atom. The number of benzene rings is 2. The van der Waals surface area contributed by atoms with Crippen LogP contribution in [-0.4, -0.2) is 28.0 Å². The number of hydrogen-bond donors (Lipinski definition) is 1. The molecule has 1 N–H and O–H groups in total. The Morgan fingerprint density at radius 3 is 2.31 bits per heavy atom. The third-order valence-electron chi connectivity index (χ3n) is 7.02. The van der Waals surface area contributed by atoms with E-state index < -0.39 is 0 Å². The van der Waals surface area contributed by atoms with Crippen LogP contribution >= 0.6 is 23.1 Å². The Balaban J connectivity index is 1.32. The van der Waals surface area contributed by atoms with E-state index in [0.29, 0.717) is 5.69 Å². The van der Waals surface area contributed by atoms with Crippen LogP contribution in [0.4, 0.5) is 11.4 Å². The van der Waals surface area contributed by atoms with E-state index in [9.17, 15) is 14.4 Å². The lowest BCUT2D eigenvalue weighted by Crippen LogP contribution is -2.30. The molecule has 6 nitrogen and oxygen atoms in total.